The van der Waals surface area contributed by atoms with Crippen molar-refractivity contribution in [3.05, 3.63) is 35.9 Å². The van der Waals surface area contributed by atoms with E-state index in [9.17, 15) is 4.79 Å². The van der Waals surface area contributed by atoms with Crippen molar-refractivity contribution in [2.75, 3.05) is 46.4 Å². The molecule has 0 bridgehead atoms. The van der Waals surface area contributed by atoms with E-state index in [1.54, 1.807) is 7.11 Å². The molecule has 0 unspecified atom stereocenters. The zero-order valence-corrected chi connectivity index (χ0v) is 13.1. The van der Waals surface area contributed by atoms with Gasteiger partial charge in [0, 0.05) is 46.3 Å². The molecule has 0 aromatic heterocycles. The second kappa shape index (κ2) is 8.15. The molecule has 2 rings (SSSR count). The number of hydrogen-bond donors (Lipinski definition) is 0. The van der Waals surface area contributed by atoms with Gasteiger partial charge in [0.15, 0.2) is 0 Å². The summed E-state index contributed by atoms with van der Waals surface area (Å²) in [6.07, 6.45) is 0.616. The van der Waals surface area contributed by atoms with Gasteiger partial charge in [-0.2, -0.15) is 0 Å². The third-order valence-corrected chi connectivity index (χ3v) is 4.15. The number of hydrogen-bond acceptors (Lipinski definition) is 3. The van der Waals surface area contributed by atoms with Gasteiger partial charge in [0.1, 0.15) is 0 Å². The van der Waals surface area contributed by atoms with E-state index in [2.05, 4.69) is 42.2 Å². The molecular weight excluding hydrogens is 264 g/mol. The van der Waals surface area contributed by atoms with E-state index in [0.717, 1.165) is 26.2 Å². The molecule has 1 aliphatic rings. The van der Waals surface area contributed by atoms with Gasteiger partial charge in [-0.3, -0.25) is 4.79 Å². The van der Waals surface area contributed by atoms with E-state index in [0.29, 0.717) is 25.5 Å². The Morgan fingerprint density at radius 1 is 1.19 bits per heavy atom. The number of benzene rings is 1. The van der Waals surface area contributed by atoms with Crippen molar-refractivity contribution in [2.24, 2.45) is 0 Å². The minimum atomic E-state index is 0.252. The molecule has 1 fully saturated rings. The van der Waals surface area contributed by atoms with E-state index in [-0.39, 0.29) is 5.91 Å². The van der Waals surface area contributed by atoms with Gasteiger partial charge < -0.3 is 14.5 Å². The molecule has 0 saturated carbocycles. The van der Waals surface area contributed by atoms with Gasteiger partial charge in [-0.05, 0) is 11.5 Å². The molecular formula is C17H26N2O2. The van der Waals surface area contributed by atoms with E-state index in [1.165, 1.54) is 5.56 Å². The SMILES string of the molecule is COCCN1CCN(C[C@H](C)c2ccccc2)CCC1=O. The minimum absolute atomic E-state index is 0.252. The van der Waals surface area contributed by atoms with Gasteiger partial charge in [-0.15, -0.1) is 0 Å². The number of nitrogens with zero attached hydrogens (tertiary/aromatic N) is 2. The predicted octanol–water partition coefficient (Wildman–Crippen LogP) is 1.97. The van der Waals surface area contributed by atoms with Crippen molar-refractivity contribution in [1.29, 1.82) is 0 Å². The van der Waals surface area contributed by atoms with E-state index in [1.807, 2.05) is 4.90 Å². The number of carbonyl (C=O) groups excluding carboxylic acids is 1. The lowest BCUT2D eigenvalue weighted by molar-refractivity contribution is -0.130. The summed E-state index contributed by atoms with van der Waals surface area (Å²) in [7, 11) is 1.68. The van der Waals surface area contributed by atoms with Gasteiger partial charge in [-0.25, -0.2) is 0 Å². The molecule has 1 atom stereocenters. The van der Waals surface area contributed by atoms with Crippen LogP contribution in [0.2, 0.25) is 0 Å². The fourth-order valence-electron chi connectivity index (χ4n) is 2.81. The molecule has 1 heterocycles. The number of rotatable bonds is 6. The fraction of sp³-hybridized carbons (Fsp3) is 0.588. The second-order valence-corrected chi connectivity index (χ2v) is 5.74. The molecule has 1 aromatic rings. The first-order valence-electron chi connectivity index (χ1n) is 7.74. The van der Waals surface area contributed by atoms with Gasteiger partial charge in [0.05, 0.1) is 6.61 Å². The summed E-state index contributed by atoms with van der Waals surface area (Å²) in [5.41, 5.74) is 1.37. The molecule has 0 radical (unpaired) electrons. The average Bonchev–Trinajstić information content (AvgIpc) is 2.68. The predicted molar refractivity (Wildman–Crippen MR) is 84.4 cm³/mol. The van der Waals surface area contributed by atoms with Crippen LogP contribution >= 0.6 is 0 Å². The monoisotopic (exact) mass is 290 g/mol. The molecule has 1 aliphatic heterocycles. The van der Waals surface area contributed by atoms with Gasteiger partial charge in [-0.1, -0.05) is 37.3 Å². The van der Waals surface area contributed by atoms with Crippen LogP contribution in [-0.4, -0.2) is 62.1 Å². The Balaban J connectivity index is 1.86. The third-order valence-electron chi connectivity index (χ3n) is 4.15. The quantitative estimate of drug-likeness (QED) is 0.803. The standard InChI is InChI=1S/C17H26N2O2/c1-15(16-6-4-3-5-7-16)14-18-9-8-17(20)19(11-10-18)12-13-21-2/h3-7,15H,8-14H2,1-2H3/t15-/m0/s1. The third kappa shape index (κ3) is 4.83. The first kappa shape index (κ1) is 16.0. The summed E-state index contributed by atoms with van der Waals surface area (Å²) in [5.74, 6) is 0.744. The average molecular weight is 290 g/mol. The van der Waals surface area contributed by atoms with E-state index >= 15 is 0 Å². The number of carbonyl (C=O) groups is 1. The van der Waals surface area contributed by atoms with Crippen molar-refractivity contribution < 1.29 is 9.53 Å². The van der Waals surface area contributed by atoms with Crippen LogP contribution in [0.1, 0.15) is 24.8 Å². The zero-order chi connectivity index (χ0) is 15.1. The lowest BCUT2D eigenvalue weighted by Crippen LogP contribution is -2.36. The topological polar surface area (TPSA) is 32.8 Å². The number of ether oxygens (including phenoxy) is 1. The Morgan fingerprint density at radius 3 is 2.67 bits per heavy atom. The summed E-state index contributed by atoms with van der Waals surface area (Å²) >= 11 is 0. The molecule has 0 N–H and O–H groups in total. The smallest absolute Gasteiger partial charge is 0.223 e. The van der Waals surface area contributed by atoms with Gasteiger partial charge >= 0.3 is 0 Å². The van der Waals surface area contributed by atoms with Crippen LogP contribution in [0.4, 0.5) is 0 Å². The number of methoxy groups -OCH3 is 1. The highest BCUT2D eigenvalue weighted by Gasteiger charge is 2.21. The van der Waals surface area contributed by atoms with Gasteiger partial charge in [0.25, 0.3) is 0 Å². The van der Waals surface area contributed by atoms with Crippen molar-refractivity contribution in [3.8, 4) is 0 Å². The summed E-state index contributed by atoms with van der Waals surface area (Å²) in [6, 6.07) is 10.6. The Kier molecular flexibility index (Phi) is 6.21. The van der Waals surface area contributed by atoms with Crippen molar-refractivity contribution in [1.82, 2.24) is 9.80 Å². The van der Waals surface area contributed by atoms with E-state index < -0.39 is 0 Å². The lowest BCUT2D eigenvalue weighted by atomic mass is 10.0. The van der Waals surface area contributed by atoms with Crippen LogP contribution in [0.15, 0.2) is 30.3 Å². The molecule has 1 aromatic carbocycles. The fourth-order valence-corrected chi connectivity index (χ4v) is 2.81. The summed E-state index contributed by atoms with van der Waals surface area (Å²) in [4.78, 5) is 16.4. The van der Waals surface area contributed by atoms with Crippen molar-refractivity contribution in [3.63, 3.8) is 0 Å². The molecule has 21 heavy (non-hydrogen) atoms. The molecule has 0 aliphatic carbocycles. The van der Waals surface area contributed by atoms with Crippen LogP contribution in [0.5, 0.6) is 0 Å². The first-order valence-corrected chi connectivity index (χ1v) is 7.74. The Labute approximate surface area is 127 Å². The van der Waals surface area contributed by atoms with Crippen LogP contribution in [0.25, 0.3) is 0 Å². The van der Waals surface area contributed by atoms with Gasteiger partial charge in [0.2, 0.25) is 5.91 Å². The molecule has 116 valence electrons. The normalized spacial score (nSPS) is 18.6. The maximum atomic E-state index is 12.1. The lowest BCUT2D eigenvalue weighted by Gasteiger charge is -2.24. The summed E-state index contributed by atoms with van der Waals surface area (Å²) in [6.45, 7) is 7.21. The molecule has 4 heteroatoms. The Bertz CT molecular complexity index is 436. The van der Waals surface area contributed by atoms with Crippen LogP contribution < -0.4 is 0 Å². The molecule has 1 saturated heterocycles. The first-order chi connectivity index (χ1) is 10.2. The Hall–Kier alpha value is -1.39. The number of amides is 1. The Morgan fingerprint density at radius 2 is 1.95 bits per heavy atom. The highest BCUT2D eigenvalue weighted by molar-refractivity contribution is 5.76. The highest BCUT2D eigenvalue weighted by Crippen LogP contribution is 2.17. The molecule has 1 amide bonds. The molecule has 0 spiro atoms. The summed E-state index contributed by atoms with van der Waals surface area (Å²) < 4.78 is 5.08. The largest absolute Gasteiger partial charge is 0.383 e. The highest BCUT2D eigenvalue weighted by atomic mass is 16.5. The maximum Gasteiger partial charge on any atom is 0.223 e. The second-order valence-electron chi connectivity index (χ2n) is 5.74. The maximum absolute atomic E-state index is 12.1. The zero-order valence-electron chi connectivity index (χ0n) is 13.1. The van der Waals surface area contributed by atoms with Crippen LogP contribution in [0.3, 0.4) is 0 Å². The van der Waals surface area contributed by atoms with E-state index in [4.69, 9.17) is 4.74 Å². The minimum Gasteiger partial charge on any atom is -0.383 e. The van der Waals surface area contributed by atoms with Crippen molar-refractivity contribution >= 4 is 5.91 Å². The van der Waals surface area contributed by atoms with Crippen molar-refractivity contribution in [2.45, 2.75) is 19.3 Å². The summed E-state index contributed by atoms with van der Waals surface area (Å²) in [5, 5.41) is 0. The molecule has 4 nitrogen and oxygen atoms in total. The van der Waals surface area contributed by atoms with Crippen LogP contribution in [0, 0.1) is 0 Å². The van der Waals surface area contributed by atoms with Crippen LogP contribution in [-0.2, 0) is 9.53 Å².